The summed E-state index contributed by atoms with van der Waals surface area (Å²) >= 11 is 6.19. The molecule has 0 atom stereocenters. The Bertz CT molecular complexity index is 787. The van der Waals surface area contributed by atoms with E-state index in [9.17, 15) is 4.79 Å². The van der Waals surface area contributed by atoms with Crippen LogP contribution in [-0.4, -0.2) is 47.0 Å². The van der Waals surface area contributed by atoms with Crippen molar-refractivity contribution < 1.29 is 4.79 Å². The Balaban J connectivity index is 1.76. The number of nitrogens with one attached hydrogen (secondary N) is 1. The van der Waals surface area contributed by atoms with Crippen molar-refractivity contribution in [2.45, 2.75) is 20.8 Å². The Morgan fingerprint density at radius 3 is 2.48 bits per heavy atom. The second-order valence-electron chi connectivity index (χ2n) is 6.24. The summed E-state index contributed by atoms with van der Waals surface area (Å²) in [6.07, 6.45) is 0. The lowest BCUT2D eigenvalue weighted by Crippen LogP contribution is -2.48. The van der Waals surface area contributed by atoms with Gasteiger partial charge in [0.05, 0.1) is 0 Å². The molecule has 2 heterocycles. The number of hydrogen-bond donors (Lipinski definition) is 1. The van der Waals surface area contributed by atoms with Crippen molar-refractivity contribution >= 4 is 34.8 Å². The number of benzene rings is 1. The maximum Gasteiger partial charge on any atom is 0.219 e. The van der Waals surface area contributed by atoms with Gasteiger partial charge in [-0.15, -0.1) is 0 Å². The lowest BCUT2D eigenvalue weighted by Gasteiger charge is -2.35. The van der Waals surface area contributed by atoms with E-state index < -0.39 is 0 Å². The van der Waals surface area contributed by atoms with Gasteiger partial charge < -0.3 is 15.1 Å². The fraction of sp³-hybridized carbons (Fsp3) is 0.389. The number of carbonyl (C=O) groups is 1. The fourth-order valence-corrected chi connectivity index (χ4v) is 3.03. The number of amides is 1. The van der Waals surface area contributed by atoms with Gasteiger partial charge in [-0.25, -0.2) is 9.97 Å². The van der Waals surface area contributed by atoms with Crippen LogP contribution in [0, 0.1) is 13.8 Å². The smallest absolute Gasteiger partial charge is 0.219 e. The number of aryl methyl sites for hydroxylation is 2. The van der Waals surface area contributed by atoms with Crippen molar-refractivity contribution in [3.63, 3.8) is 0 Å². The molecule has 132 valence electrons. The number of rotatable bonds is 3. The minimum atomic E-state index is 0.122. The minimum absolute atomic E-state index is 0.122. The fourth-order valence-electron chi connectivity index (χ4n) is 2.85. The molecule has 3 rings (SSSR count). The summed E-state index contributed by atoms with van der Waals surface area (Å²) in [5, 5.41) is 4.01. The first-order valence-electron chi connectivity index (χ1n) is 8.32. The molecule has 0 bridgehead atoms. The van der Waals surface area contributed by atoms with Gasteiger partial charge in [0.25, 0.3) is 0 Å². The minimum Gasteiger partial charge on any atom is -0.353 e. The molecular formula is C18H22ClN5O. The van der Waals surface area contributed by atoms with Crippen LogP contribution in [0.15, 0.2) is 24.3 Å². The zero-order valence-corrected chi connectivity index (χ0v) is 15.5. The molecule has 1 aliphatic rings. The molecule has 0 aliphatic carbocycles. The number of anilines is 3. The van der Waals surface area contributed by atoms with Crippen LogP contribution >= 0.6 is 11.6 Å². The van der Waals surface area contributed by atoms with Gasteiger partial charge in [0, 0.05) is 49.9 Å². The topological polar surface area (TPSA) is 61.4 Å². The van der Waals surface area contributed by atoms with Crippen LogP contribution in [0.5, 0.6) is 0 Å². The average molecular weight is 360 g/mol. The van der Waals surface area contributed by atoms with E-state index in [1.165, 1.54) is 0 Å². The maximum atomic E-state index is 11.5. The quantitative estimate of drug-likeness (QED) is 0.912. The number of carbonyl (C=O) groups excluding carboxylic acids is 1. The van der Waals surface area contributed by atoms with E-state index in [1.807, 2.05) is 43.0 Å². The van der Waals surface area contributed by atoms with E-state index in [1.54, 1.807) is 6.92 Å². The molecule has 6 nitrogen and oxygen atoms in total. The Kier molecular flexibility index (Phi) is 5.08. The third-order valence-electron chi connectivity index (χ3n) is 4.32. The lowest BCUT2D eigenvalue weighted by molar-refractivity contribution is -0.129. The second-order valence-corrected chi connectivity index (χ2v) is 6.65. The van der Waals surface area contributed by atoms with Crippen molar-refractivity contribution in [1.82, 2.24) is 14.9 Å². The summed E-state index contributed by atoms with van der Waals surface area (Å²) in [5.74, 6) is 2.43. The molecule has 0 radical (unpaired) electrons. The first-order chi connectivity index (χ1) is 11.9. The molecule has 1 fully saturated rings. The second kappa shape index (κ2) is 7.27. The number of hydrogen-bond acceptors (Lipinski definition) is 5. The van der Waals surface area contributed by atoms with Crippen molar-refractivity contribution in [2.24, 2.45) is 0 Å². The van der Waals surface area contributed by atoms with Gasteiger partial charge in [-0.1, -0.05) is 17.7 Å². The van der Waals surface area contributed by atoms with E-state index in [0.29, 0.717) is 18.9 Å². The lowest BCUT2D eigenvalue weighted by atomic mass is 10.2. The van der Waals surface area contributed by atoms with Crippen LogP contribution in [0.1, 0.15) is 18.3 Å². The molecule has 1 amide bonds. The zero-order valence-electron chi connectivity index (χ0n) is 14.7. The first-order valence-corrected chi connectivity index (χ1v) is 8.69. The molecule has 1 aromatic carbocycles. The molecule has 25 heavy (non-hydrogen) atoms. The molecule has 0 saturated carbocycles. The van der Waals surface area contributed by atoms with Crippen molar-refractivity contribution in [1.29, 1.82) is 0 Å². The van der Waals surface area contributed by atoms with Gasteiger partial charge in [0.2, 0.25) is 5.91 Å². The van der Waals surface area contributed by atoms with E-state index in [2.05, 4.69) is 20.2 Å². The highest BCUT2D eigenvalue weighted by Gasteiger charge is 2.20. The highest BCUT2D eigenvalue weighted by atomic mass is 35.5. The van der Waals surface area contributed by atoms with Crippen LogP contribution in [0.2, 0.25) is 5.02 Å². The molecule has 0 unspecified atom stereocenters. The molecule has 1 N–H and O–H groups in total. The van der Waals surface area contributed by atoms with E-state index in [-0.39, 0.29) is 5.91 Å². The van der Waals surface area contributed by atoms with Crippen molar-refractivity contribution in [3.8, 4) is 0 Å². The van der Waals surface area contributed by atoms with Gasteiger partial charge in [-0.2, -0.15) is 0 Å². The van der Waals surface area contributed by atoms with Gasteiger partial charge >= 0.3 is 0 Å². The molecule has 1 aromatic heterocycles. The standard InChI is InChI=1S/C18H22ClN5O/c1-12-4-5-15(10-16(12)19)22-17-11-18(21-13(2)20-17)24-8-6-23(7-9-24)14(3)25/h4-5,10-11H,6-9H2,1-3H3,(H,20,21,22). The molecule has 0 spiro atoms. The van der Waals surface area contributed by atoms with Crippen molar-refractivity contribution in [2.75, 3.05) is 36.4 Å². The number of piperazine rings is 1. The predicted octanol–water partition coefficient (Wildman–Crippen LogP) is 3.16. The van der Waals surface area contributed by atoms with Crippen molar-refractivity contribution in [3.05, 3.63) is 40.7 Å². The van der Waals surface area contributed by atoms with Crippen LogP contribution < -0.4 is 10.2 Å². The highest BCUT2D eigenvalue weighted by molar-refractivity contribution is 6.31. The van der Waals surface area contributed by atoms with E-state index in [4.69, 9.17) is 11.6 Å². The number of nitrogens with zero attached hydrogens (tertiary/aromatic N) is 4. The first kappa shape index (κ1) is 17.5. The molecule has 7 heteroatoms. The van der Waals surface area contributed by atoms with Crippen LogP contribution in [0.3, 0.4) is 0 Å². The number of halogens is 1. The third kappa shape index (κ3) is 4.20. The monoisotopic (exact) mass is 359 g/mol. The van der Waals surface area contributed by atoms with E-state index in [0.717, 1.165) is 41.0 Å². The summed E-state index contributed by atoms with van der Waals surface area (Å²) in [5.41, 5.74) is 1.93. The van der Waals surface area contributed by atoms with Gasteiger partial charge in [-0.05, 0) is 31.5 Å². The largest absolute Gasteiger partial charge is 0.353 e. The zero-order chi connectivity index (χ0) is 18.0. The van der Waals surface area contributed by atoms with E-state index >= 15 is 0 Å². The third-order valence-corrected chi connectivity index (χ3v) is 4.72. The summed E-state index contributed by atoms with van der Waals surface area (Å²) in [4.78, 5) is 24.5. The Morgan fingerprint density at radius 1 is 1.12 bits per heavy atom. The van der Waals surface area contributed by atoms with Crippen LogP contribution in [-0.2, 0) is 4.79 Å². The maximum absolute atomic E-state index is 11.5. The summed E-state index contributed by atoms with van der Waals surface area (Å²) in [6.45, 7) is 8.43. The Labute approximate surface area is 152 Å². The normalized spacial score (nSPS) is 14.6. The summed E-state index contributed by atoms with van der Waals surface area (Å²) in [6, 6.07) is 7.77. The van der Waals surface area contributed by atoms with Crippen LogP contribution in [0.4, 0.5) is 17.3 Å². The average Bonchev–Trinajstić information content (AvgIpc) is 2.58. The van der Waals surface area contributed by atoms with Crippen LogP contribution in [0.25, 0.3) is 0 Å². The molecule has 1 saturated heterocycles. The number of aromatic nitrogens is 2. The summed E-state index contributed by atoms with van der Waals surface area (Å²) in [7, 11) is 0. The van der Waals surface area contributed by atoms with Gasteiger partial charge in [0.15, 0.2) is 0 Å². The molecular weight excluding hydrogens is 338 g/mol. The predicted molar refractivity (Wildman–Crippen MR) is 101 cm³/mol. The molecule has 2 aromatic rings. The van der Waals surface area contributed by atoms with Gasteiger partial charge in [0.1, 0.15) is 17.5 Å². The summed E-state index contributed by atoms with van der Waals surface area (Å²) < 4.78 is 0. The Hall–Kier alpha value is -2.34. The highest BCUT2D eigenvalue weighted by Crippen LogP contribution is 2.24. The molecule has 1 aliphatic heterocycles. The van der Waals surface area contributed by atoms with Gasteiger partial charge in [-0.3, -0.25) is 4.79 Å². The Morgan fingerprint density at radius 2 is 1.84 bits per heavy atom. The SMILES string of the molecule is CC(=O)N1CCN(c2cc(Nc3ccc(C)c(Cl)c3)nc(C)n2)CC1.